The lowest BCUT2D eigenvalue weighted by molar-refractivity contribution is -0.134. The molecule has 0 aliphatic carbocycles. The molecule has 124 valence electrons. The highest BCUT2D eigenvalue weighted by molar-refractivity contribution is 5.77. The quantitative estimate of drug-likeness (QED) is 0.874. The van der Waals surface area contributed by atoms with E-state index in [-0.39, 0.29) is 12.0 Å². The summed E-state index contributed by atoms with van der Waals surface area (Å²) in [6, 6.07) is 3.68. The lowest BCUT2D eigenvalue weighted by Gasteiger charge is -2.32. The number of amides is 1. The number of morpholine rings is 1. The Balaban J connectivity index is 1.53. The Morgan fingerprint density at radius 3 is 3.13 bits per heavy atom. The third-order valence-electron chi connectivity index (χ3n) is 3.81. The molecule has 1 N–H and O–H groups in total. The van der Waals surface area contributed by atoms with Crippen molar-refractivity contribution in [1.29, 1.82) is 0 Å². The summed E-state index contributed by atoms with van der Waals surface area (Å²) >= 11 is 0. The lowest BCUT2D eigenvalue weighted by atomic mass is 10.2. The van der Waals surface area contributed by atoms with Crippen molar-refractivity contribution in [3.8, 4) is 0 Å². The average Bonchev–Trinajstić information content (AvgIpc) is 3.19. The molecule has 0 radical (unpaired) electrons. The van der Waals surface area contributed by atoms with Crippen molar-refractivity contribution in [3.63, 3.8) is 0 Å². The van der Waals surface area contributed by atoms with Crippen molar-refractivity contribution in [2.24, 2.45) is 0 Å². The molecule has 1 atom stereocenters. The summed E-state index contributed by atoms with van der Waals surface area (Å²) in [4.78, 5) is 20.4. The van der Waals surface area contributed by atoms with Crippen LogP contribution in [0.5, 0.6) is 0 Å². The molecule has 3 heterocycles. The number of ether oxygens (including phenoxy) is 1. The number of hydrogen-bond acceptors (Lipinski definition) is 6. The van der Waals surface area contributed by atoms with Crippen molar-refractivity contribution in [1.82, 2.24) is 25.0 Å². The second-order valence-corrected chi connectivity index (χ2v) is 5.70. The second kappa shape index (κ2) is 6.93. The highest BCUT2D eigenvalue weighted by Crippen LogP contribution is 2.19. The molecule has 1 amide bonds. The molecular formula is C15H21N5O3. The minimum atomic E-state index is -0.197. The Hall–Kier alpha value is -2.19. The summed E-state index contributed by atoms with van der Waals surface area (Å²) < 4.78 is 11.0. The second-order valence-electron chi connectivity index (χ2n) is 5.70. The van der Waals surface area contributed by atoms with Crippen molar-refractivity contribution in [3.05, 3.63) is 35.8 Å². The van der Waals surface area contributed by atoms with Crippen LogP contribution in [0.1, 0.15) is 23.5 Å². The number of nitrogens with zero attached hydrogens (tertiary/aromatic N) is 4. The van der Waals surface area contributed by atoms with Gasteiger partial charge in [0.1, 0.15) is 17.7 Å². The summed E-state index contributed by atoms with van der Waals surface area (Å²) in [6.07, 6.45) is 1.41. The molecule has 0 saturated carbocycles. The Labute approximate surface area is 134 Å². The first-order valence-corrected chi connectivity index (χ1v) is 7.61. The van der Waals surface area contributed by atoms with Gasteiger partial charge in [0.25, 0.3) is 0 Å². The van der Waals surface area contributed by atoms with Gasteiger partial charge in [0.15, 0.2) is 5.82 Å². The van der Waals surface area contributed by atoms with Gasteiger partial charge in [-0.1, -0.05) is 0 Å². The van der Waals surface area contributed by atoms with Gasteiger partial charge in [-0.05, 0) is 19.1 Å². The highest BCUT2D eigenvalue weighted by atomic mass is 16.5. The number of aryl methyl sites for hydroxylation is 1. The van der Waals surface area contributed by atoms with E-state index in [2.05, 4.69) is 20.1 Å². The SMILES string of the molecule is Cc1nc(C2CN(CC(=O)N(C)Cc3ccco3)CCO2)n[nH]1. The molecule has 2 aromatic rings. The van der Waals surface area contributed by atoms with E-state index >= 15 is 0 Å². The highest BCUT2D eigenvalue weighted by Gasteiger charge is 2.27. The minimum absolute atomic E-state index is 0.0493. The molecule has 23 heavy (non-hydrogen) atoms. The molecule has 8 nitrogen and oxygen atoms in total. The van der Waals surface area contributed by atoms with E-state index in [0.29, 0.717) is 32.1 Å². The van der Waals surface area contributed by atoms with Gasteiger partial charge in [-0.15, -0.1) is 0 Å². The minimum Gasteiger partial charge on any atom is -0.467 e. The summed E-state index contributed by atoms with van der Waals surface area (Å²) in [5.41, 5.74) is 0. The molecule has 1 unspecified atom stereocenters. The van der Waals surface area contributed by atoms with E-state index in [1.165, 1.54) is 0 Å². The molecule has 0 spiro atoms. The van der Waals surface area contributed by atoms with Gasteiger partial charge in [0, 0.05) is 20.1 Å². The summed E-state index contributed by atoms with van der Waals surface area (Å²) in [7, 11) is 1.78. The first-order valence-electron chi connectivity index (χ1n) is 7.61. The molecule has 0 bridgehead atoms. The van der Waals surface area contributed by atoms with Gasteiger partial charge < -0.3 is 14.1 Å². The van der Waals surface area contributed by atoms with Crippen LogP contribution < -0.4 is 0 Å². The van der Waals surface area contributed by atoms with Crippen LogP contribution in [0.3, 0.4) is 0 Å². The zero-order chi connectivity index (χ0) is 16.2. The lowest BCUT2D eigenvalue weighted by Crippen LogP contribution is -2.44. The van der Waals surface area contributed by atoms with E-state index in [4.69, 9.17) is 9.15 Å². The zero-order valence-corrected chi connectivity index (χ0v) is 13.4. The van der Waals surface area contributed by atoms with Gasteiger partial charge in [-0.3, -0.25) is 14.8 Å². The Morgan fingerprint density at radius 1 is 1.57 bits per heavy atom. The fourth-order valence-corrected chi connectivity index (χ4v) is 2.54. The Morgan fingerprint density at radius 2 is 2.43 bits per heavy atom. The van der Waals surface area contributed by atoms with Crippen LogP contribution in [0.25, 0.3) is 0 Å². The van der Waals surface area contributed by atoms with E-state index < -0.39 is 0 Å². The summed E-state index contributed by atoms with van der Waals surface area (Å²) in [6.45, 7) is 4.57. The average molecular weight is 319 g/mol. The number of rotatable bonds is 5. The van der Waals surface area contributed by atoms with Crippen molar-refractivity contribution in [2.45, 2.75) is 19.6 Å². The van der Waals surface area contributed by atoms with Crippen LogP contribution in [0.4, 0.5) is 0 Å². The number of H-pyrrole nitrogens is 1. The summed E-state index contributed by atoms with van der Waals surface area (Å²) in [5, 5.41) is 6.96. The molecule has 3 rings (SSSR count). The third-order valence-corrected chi connectivity index (χ3v) is 3.81. The van der Waals surface area contributed by atoms with E-state index in [1.54, 1.807) is 18.2 Å². The van der Waals surface area contributed by atoms with Crippen LogP contribution in [0, 0.1) is 6.92 Å². The predicted octanol–water partition coefficient (Wildman–Crippen LogP) is 0.738. The van der Waals surface area contributed by atoms with E-state index in [0.717, 1.165) is 18.1 Å². The maximum Gasteiger partial charge on any atom is 0.236 e. The van der Waals surface area contributed by atoms with Crippen LogP contribution in [-0.2, 0) is 16.1 Å². The normalized spacial score (nSPS) is 19.0. The van der Waals surface area contributed by atoms with Crippen molar-refractivity contribution in [2.75, 3.05) is 33.3 Å². The third kappa shape index (κ3) is 3.96. The van der Waals surface area contributed by atoms with Gasteiger partial charge in [-0.2, -0.15) is 5.10 Å². The molecule has 1 saturated heterocycles. The molecule has 2 aromatic heterocycles. The number of aromatic amines is 1. The van der Waals surface area contributed by atoms with Crippen LogP contribution >= 0.6 is 0 Å². The number of hydrogen-bond donors (Lipinski definition) is 1. The van der Waals surface area contributed by atoms with E-state index in [9.17, 15) is 4.79 Å². The van der Waals surface area contributed by atoms with Crippen molar-refractivity contribution >= 4 is 5.91 Å². The first-order chi connectivity index (χ1) is 11.1. The molecular weight excluding hydrogens is 298 g/mol. The molecule has 1 aliphatic rings. The Bertz CT molecular complexity index is 639. The summed E-state index contributed by atoms with van der Waals surface area (Å²) in [5.74, 6) is 2.23. The number of likely N-dealkylation sites (N-methyl/N-ethyl adjacent to an activating group) is 1. The van der Waals surface area contributed by atoms with Crippen LogP contribution in [-0.4, -0.2) is 64.2 Å². The standard InChI is InChI=1S/C15H21N5O3/c1-11-16-15(18-17-11)13-9-20(5-7-23-13)10-14(21)19(2)8-12-4-3-6-22-12/h3-4,6,13H,5,7-10H2,1-2H3,(H,16,17,18). The number of aromatic nitrogens is 3. The number of carbonyl (C=O) groups is 1. The smallest absolute Gasteiger partial charge is 0.236 e. The largest absolute Gasteiger partial charge is 0.467 e. The van der Waals surface area contributed by atoms with Gasteiger partial charge in [0.05, 0.1) is 26.0 Å². The topological polar surface area (TPSA) is 87.5 Å². The molecule has 8 heteroatoms. The van der Waals surface area contributed by atoms with Crippen molar-refractivity contribution < 1.29 is 13.9 Å². The fourth-order valence-electron chi connectivity index (χ4n) is 2.54. The van der Waals surface area contributed by atoms with Gasteiger partial charge >= 0.3 is 0 Å². The molecule has 1 fully saturated rings. The molecule has 1 aliphatic heterocycles. The van der Waals surface area contributed by atoms with Crippen LogP contribution in [0.15, 0.2) is 22.8 Å². The monoisotopic (exact) mass is 319 g/mol. The van der Waals surface area contributed by atoms with E-state index in [1.807, 2.05) is 19.1 Å². The zero-order valence-electron chi connectivity index (χ0n) is 13.4. The number of carbonyl (C=O) groups excluding carboxylic acids is 1. The predicted molar refractivity (Wildman–Crippen MR) is 81.4 cm³/mol. The van der Waals surface area contributed by atoms with Gasteiger partial charge in [-0.25, -0.2) is 4.98 Å². The number of furan rings is 1. The first kappa shape index (κ1) is 15.7. The molecule has 0 aromatic carbocycles. The maximum atomic E-state index is 12.3. The number of nitrogens with one attached hydrogen (secondary N) is 1. The van der Waals surface area contributed by atoms with Gasteiger partial charge in [0.2, 0.25) is 5.91 Å². The van der Waals surface area contributed by atoms with Crippen LogP contribution in [0.2, 0.25) is 0 Å². The Kier molecular flexibility index (Phi) is 4.73. The fraction of sp³-hybridized carbons (Fsp3) is 0.533. The maximum absolute atomic E-state index is 12.3.